The van der Waals surface area contributed by atoms with E-state index in [0.717, 1.165) is 29.1 Å². The summed E-state index contributed by atoms with van der Waals surface area (Å²) in [7, 11) is 0. The fourth-order valence-electron chi connectivity index (χ4n) is 2.87. The number of H-pyrrole nitrogens is 1. The number of rotatable bonds is 3. The van der Waals surface area contributed by atoms with Gasteiger partial charge in [0.2, 0.25) is 0 Å². The van der Waals surface area contributed by atoms with Crippen molar-refractivity contribution in [3.63, 3.8) is 0 Å². The topological polar surface area (TPSA) is 50.7 Å². The van der Waals surface area contributed by atoms with Crippen LogP contribution >= 0.6 is 23.6 Å². The van der Waals surface area contributed by atoms with Crippen molar-refractivity contribution in [1.82, 2.24) is 14.5 Å². The maximum absolute atomic E-state index is 13.0. The zero-order valence-corrected chi connectivity index (χ0v) is 13.7. The number of aromatic nitrogens is 3. The van der Waals surface area contributed by atoms with Crippen molar-refractivity contribution in [2.24, 2.45) is 5.92 Å². The molecule has 2 heterocycles. The van der Waals surface area contributed by atoms with Crippen LogP contribution in [0.4, 0.5) is 0 Å². The predicted octanol–water partition coefficient (Wildman–Crippen LogP) is 3.82. The summed E-state index contributed by atoms with van der Waals surface area (Å²) in [6, 6.07) is 7.47. The summed E-state index contributed by atoms with van der Waals surface area (Å²) in [5, 5.41) is 3.69. The van der Waals surface area contributed by atoms with Gasteiger partial charge in [-0.3, -0.25) is 9.36 Å². The number of nitrogens with zero attached hydrogens (tertiary/aromatic N) is 2. The molecule has 1 aliphatic carbocycles. The number of thiazole rings is 1. The minimum absolute atomic E-state index is 0.0240. The number of nitrogens with one attached hydrogen (secondary N) is 1. The van der Waals surface area contributed by atoms with Gasteiger partial charge in [-0.1, -0.05) is 12.1 Å². The molecule has 6 heteroatoms. The van der Waals surface area contributed by atoms with Crippen LogP contribution in [0.1, 0.15) is 29.6 Å². The molecule has 1 N–H and O–H groups in total. The molecule has 0 saturated heterocycles. The molecule has 0 spiro atoms. The van der Waals surface area contributed by atoms with Gasteiger partial charge in [-0.2, -0.15) is 0 Å². The predicted molar refractivity (Wildman–Crippen MR) is 91.1 cm³/mol. The Morgan fingerprint density at radius 1 is 1.41 bits per heavy atom. The van der Waals surface area contributed by atoms with Gasteiger partial charge in [-0.15, -0.1) is 11.3 Å². The smallest absolute Gasteiger partial charge is 0.262 e. The number of para-hydroxylation sites is 1. The number of benzene rings is 1. The van der Waals surface area contributed by atoms with Gasteiger partial charge < -0.3 is 4.98 Å². The van der Waals surface area contributed by atoms with Crippen LogP contribution in [0.3, 0.4) is 0 Å². The molecule has 2 aromatic heterocycles. The van der Waals surface area contributed by atoms with Gasteiger partial charge in [0.1, 0.15) is 5.01 Å². The lowest BCUT2D eigenvalue weighted by Crippen LogP contribution is -2.28. The third-order valence-corrected chi connectivity index (χ3v) is 5.41. The highest BCUT2D eigenvalue weighted by atomic mass is 32.1. The van der Waals surface area contributed by atoms with E-state index in [-0.39, 0.29) is 11.6 Å². The fraction of sp³-hybridized carbons (Fsp3) is 0.312. The van der Waals surface area contributed by atoms with Crippen molar-refractivity contribution < 1.29 is 0 Å². The molecule has 0 aliphatic heterocycles. The molecule has 112 valence electrons. The van der Waals surface area contributed by atoms with Crippen molar-refractivity contribution in [2.75, 3.05) is 0 Å². The first kappa shape index (κ1) is 13.8. The van der Waals surface area contributed by atoms with Crippen LogP contribution in [-0.2, 0) is 0 Å². The van der Waals surface area contributed by atoms with Gasteiger partial charge in [0, 0.05) is 11.1 Å². The highest BCUT2D eigenvalue weighted by Crippen LogP contribution is 2.43. The Labute approximate surface area is 136 Å². The van der Waals surface area contributed by atoms with Crippen LogP contribution in [0.2, 0.25) is 0 Å². The quantitative estimate of drug-likeness (QED) is 0.743. The van der Waals surface area contributed by atoms with Crippen molar-refractivity contribution in [2.45, 2.75) is 25.8 Å². The number of hydrogen-bond acceptors (Lipinski definition) is 4. The maximum atomic E-state index is 13.0. The highest BCUT2D eigenvalue weighted by molar-refractivity contribution is 7.71. The van der Waals surface area contributed by atoms with E-state index >= 15 is 0 Å². The molecule has 3 aromatic rings. The molecule has 0 radical (unpaired) electrons. The Morgan fingerprint density at radius 2 is 2.18 bits per heavy atom. The van der Waals surface area contributed by atoms with E-state index in [1.165, 1.54) is 0 Å². The molecule has 22 heavy (non-hydrogen) atoms. The summed E-state index contributed by atoms with van der Waals surface area (Å²) < 4.78 is 2.21. The first-order valence-electron chi connectivity index (χ1n) is 7.31. The minimum Gasteiger partial charge on any atom is -0.332 e. The number of hydrogen-bond donors (Lipinski definition) is 1. The molecule has 0 bridgehead atoms. The fourth-order valence-corrected chi connectivity index (χ4v) is 4.16. The van der Waals surface area contributed by atoms with E-state index in [4.69, 9.17) is 12.2 Å². The molecular weight excluding hydrogens is 314 g/mol. The number of aryl methyl sites for hydroxylation is 1. The van der Waals surface area contributed by atoms with Gasteiger partial charge in [-0.05, 0) is 50.0 Å². The summed E-state index contributed by atoms with van der Waals surface area (Å²) in [5.74, 6) is 0.458. The third kappa shape index (κ3) is 2.23. The number of aromatic amines is 1. The first-order chi connectivity index (χ1) is 10.6. The Kier molecular flexibility index (Phi) is 3.23. The van der Waals surface area contributed by atoms with E-state index < -0.39 is 0 Å². The Morgan fingerprint density at radius 3 is 2.86 bits per heavy atom. The van der Waals surface area contributed by atoms with Gasteiger partial charge >= 0.3 is 0 Å². The monoisotopic (exact) mass is 329 g/mol. The SMILES string of the molecule is Cc1csc([C@@H](C2CC2)n2c(=S)[nH]c3ccccc3c2=O)n1. The summed E-state index contributed by atoms with van der Waals surface area (Å²) in [4.78, 5) is 20.8. The van der Waals surface area contributed by atoms with Crippen molar-refractivity contribution >= 4 is 34.5 Å². The van der Waals surface area contributed by atoms with E-state index in [1.807, 2.05) is 36.6 Å². The first-order valence-corrected chi connectivity index (χ1v) is 8.59. The van der Waals surface area contributed by atoms with Crippen LogP contribution in [0.5, 0.6) is 0 Å². The van der Waals surface area contributed by atoms with E-state index in [0.29, 0.717) is 16.1 Å². The zero-order valence-electron chi connectivity index (χ0n) is 12.1. The zero-order chi connectivity index (χ0) is 15.3. The summed E-state index contributed by atoms with van der Waals surface area (Å²) in [6.45, 7) is 1.98. The summed E-state index contributed by atoms with van der Waals surface area (Å²) in [6.07, 6.45) is 2.24. The second kappa shape index (κ2) is 5.14. The lowest BCUT2D eigenvalue weighted by molar-refractivity contribution is 0.492. The normalized spacial score (nSPS) is 16.0. The van der Waals surface area contributed by atoms with E-state index in [1.54, 1.807) is 15.9 Å². The van der Waals surface area contributed by atoms with Gasteiger partial charge in [-0.25, -0.2) is 4.98 Å². The third-order valence-electron chi connectivity index (χ3n) is 4.07. The largest absolute Gasteiger partial charge is 0.332 e. The molecule has 1 aromatic carbocycles. The summed E-state index contributed by atoms with van der Waals surface area (Å²) >= 11 is 7.09. The highest BCUT2D eigenvalue weighted by Gasteiger charge is 2.36. The molecule has 0 amide bonds. The Balaban J connectivity index is 1.99. The van der Waals surface area contributed by atoms with Crippen LogP contribution in [0.15, 0.2) is 34.4 Å². The van der Waals surface area contributed by atoms with E-state index in [2.05, 4.69) is 9.97 Å². The van der Waals surface area contributed by atoms with Crippen molar-refractivity contribution in [3.05, 3.63) is 55.5 Å². The molecule has 4 rings (SSSR count). The van der Waals surface area contributed by atoms with Crippen molar-refractivity contribution in [1.29, 1.82) is 0 Å². The van der Waals surface area contributed by atoms with Crippen LogP contribution in [0, 0.1) is 17.6 Å². The lowest BCUT2D eigenvalue weighted by Gasteiger charge is -2.18. The second-order valence-corrected chi connectivity index (χ2v) is 7.04. The number of fused-ring (bicyclic) bond motifs is 1. The molecule has 4 nitrogen and oxygen atoms in total. The van der Waals surface area contributed by atoms with Gasteiger partial charge in [0.25, 0.3) is 5.56 Å². The average molecular weight is 329 g/mol. The molecule has 1 atom stereocenters. The van der Waals surface area contributed by atoms with Crippen LogP contribution in [0.25, 0.3) is 10.9 Å². The van der Waals surface area contributed by atoms with Crippen molar-refractivity contribution in [3.8, 4) is 0 Å². The summed E-state index contributed by atoms with van der Waals surface area (Å²) in [5.41, 5.74) is 1.76. The van der Waals surface area contributed by atoms with Gasteiger partial charge in [0.15, 0.2) is 4.77 Å². The minimum atomic E-state index is -0.0421. The van der Waals surface area contributed by atoms with Crippen LogP contribution in [-0.4, -0.2) is 14.5 Å². The molecule has 1 fully saturated rings. The lowest BCUT2D eigenvalue weighted by atomic mass is 10.1. The molecule has 1 saturated carbocycles. The second-order valence-electron chi connectivity index (χ2n) is 5.76. The Hall–Kier alpha value is -1.79. The standard InChI is InChI=1S/C16H15N3OS2/c1-9-8-22-14(17-9)13(10-6-7-10)19-15(20)11-4-2-3-5-12(11)18-16(19)21/h2-5,8,10,13H,6-7H2,1H3,(H,18,21)/t13-/m1/s1. The molecular formula is C16H15N3OS2. The molecule has 1 aliphatic rings. The molecule has 0 unspecified atom stereocenters. The Bertz CT molecular complexity index is 965. The average Bonchev–Trinajstić information content (AvgIpc) is 3.25. The van der Waals surface area contributed by atoms with Gasteiger partial charge in [0.05, 0.1) is 16.9 Å². The maximum Gasteiger partial charge on any atom is 0.262 e. The van der Waals surface area contributed by atoms with Crippen LogP contribution < -0.4 is 5.56 Å². The van der Waals surface area contributed by atoms with E-state index in [9.17, 15) is 4.79 Å².